The number of nitrogens with one attached hydrogen (secondary N) is 1. The molecule has 0 aliphatic rings. The molecule has 1 aromatic heterocycles. The zero-order valence-electron chi connectivity index (χ0n) is 12.1. The molecule has 1 amide bonds. The smallest absolute Gasteiger partial charge is 0.350 e. The Labute approximate surface area is 141 Å². The monoisotopic (exact) mass is 356 g/mol. The number of rotatable bonds is 4. The summed E-state index contributed by atoms with van der Waals surface area (Å²) in [7, 11) is 1.30. The molecular weight excluding hydrogens is 344 g/mol. The summed E-state index contributed by atoms with van der Waals surface area (Å²) >= 11 is 8.64. The fourth-order valence-corrected chi connectivity index (χ4v) is 3.22. The summed E-state index contributed by atoms with van der Waals surface area (Å²) < 4.78 is 4.66. The van der Waals surface area contributed by atoms with Crippen molar-refractivity contribution in [3.8, 4) is 0 Å². The van der Waals surface area contributed by atoms with Crippen molar-refractivity contribution in [3.63, 3.8) is 0 Å². The van der Waals surface area contributed by atoms with Crippen molar-refractivity contribution in [3.05, 3.63) is 39.4 Å². The Kier molecular flexibility index (Phi) is 5.44. The number of aryl methyl sites for hydroxylation is 1. The normalized spacial score (nSPS) is 10.4. The number of hydrogen-bond acceptors (Lipinski definition) is 6. The molecule has 0 saturated carbocycles. The Morgan fingerprint density at radius 2 is 2.14 bits per heavy atom. The predicted molar refractivity (Wildman–Crippen MR) is 89.4 cm³/mol. The number of methoxy groups -OCH3 is 1. The van der Waals surface area contributed by atoms with Gasteiger partial charge < -0.3 is 4.74 Å². The summed E-state index contributed by atoms with van der Waals surface area (Å²) in [5.41, 5.74) is 0.872. The minimum absolute atomic E-state index is 0.327. The molecule has 8 heteroatoms. The van der Waals surface area contributed by atoms with Crippen LogP contribution in [-0.2, 0) is 4.74 Å². The molecule has 0 radical (unpaired) electrons. The second-order valence-electron chi connectivity index (χ2n) is 4.23. The molecule has 1 N–H and O–H groups in total. The van der Waals surface area contributed by atoms with Gasteiger partial charge in [-0.3, -0.25) is 10.1 Å². The van der Waals surface area contributed by atoms with Crippen LogP contribution in [0.1, 0.15) is 25.7 Å². The number of nitrogens with zero attached hydrogens (tertiary/aromatic N) is 1. The lowest BCUT2D eigenvalue weighted by atomic mass is 10.2. The first-order valence-corrected chi connectivity index (χ1v) is 8.58. The molecule has 0 bridgehead atoms. The zero-order valence-corrected chi connectivity index (χ0v) is 14.5. The minimum atomic E-state index is -0.474. The number of thioether (sulfide) groups is 1. The number of esters is 1. The average Bonchev–Trinajstić information content (AvgIpc) is 2.87. The summed E-state index contributed by atoms with van der Waals surface area (Å²) in [6.07, 6.45) is 1.91. The van der Waals surface area contributed by atoms with E-state index < -0.39 is 5.97 Å². The molecule has 1 aromatic carbocycles. The number of thiazole rings is 1. The van der Waals surface area contributed by atoms with Crippen molar-refractivity contribution >= 4 is 51.7 Å². The fourth-order valence-electron chi connectivity index (χ4n) is 1.70. The van der Waals surface area contributed by atoms with Crippen molar-refractivity contribution < 1.29 is 14.3 Å². The SMILES string of the molecule is COC(=O)c1sc(NC(=O)c2cc(SC)ccc2Cl)nc1C. The third-order valence-corrected chi connectivity index (χ3v) is 4.91. The molecule has 0 aliphatic carbocycles. The largest absolute Gasteiger partial charge is 0.465 e. The third-order valence-electron chi connectivity index (χ3n) is 2.81. The molecule has 0 saturated heterocycles. The second-order valence-corrected chi connectivity index (χ2v) is 6.51. The van der Waals surface area contributed by atoms with Crippen LogP contribution in [0.15, 0.2) is 23.1 Å². The van der Waals surface area contributed by atoms with Crippen LogP contribution in [0, 0.1) is 6.92 Å². The standard InChI is InChI=1S/C14H13ClN2O3S2/c1-7-11(13(19)20-2)22-14(16-7)17-12(18)9-6-8(21-3)4-5-10(9)15/h4-6H,1-3H3,(H,16,17,18). The highest BCUT2D eigenvalue weighted by atomic mass is 35.5. The Morgan fingerprint density at radius 3 is 2.77 bits per heavy atom. The van der Waals surface area contributed by atoms with Gasteiger partial charge in [-0.25, -0.2) is 9.78 Å². The summed E-state index contributed by atoms with van der Waals surface area (Å²) in [5.74, 6) is -0.844. The molecule has 0 fully saturated rings. The molecule has 116 valence electrons. The van der Waals surface area contributed by atoms with Crippen LogP contribution in [0.3, 0.4) is 0 Å². The van der Waals surface area contributed by atoms with E-state index in [1.54, 1.807) is 19.1 Å². The van der Waals surface area contributed by atoms with Gasteiger partial charge in [0.25, 0.3) is 5.91 Å². The van der Waals surface area contributed by atoms with Gasteiger partial charge in [-0.1, -0.05) is 22.9 Å². The minimum Gasteiger partial charge on any atom is -0.465 e. The molecule has 1 heterocycles. The number of hydrogen-bond donors (Lipinski definition) is 1. The lowest BCUT2D eigenvalue weighted by Gasteiger charge is -2.05. The van der Waals surface area contributed by atoms with Crippen molar-refractivity contribution in [2.45, 2.75) is 11.8 Å². The predicted octanol–water partition coefficient (Wildman–Crippen LogP) is 3.87. The van der Waals surface area contributed by atoms with Crippen LogP contribution in [-0.4, -0.2) is 30.2 Å². The summed E-state index contributed by atoms with van der Waals surface area (Å²) in [6.45, 7) is 1.68. The van der Waals surface area contributed by atoms with Gasteiger partial charge in [0.15, 0.2) is 5.13 Å². The van der Waals surface area contributed by atoms with Gasteiger partial charge in [-0.15, -0.1) is 11.8 Å². The third kappa shape index (κ3) is 3.60. The summed E-state index contributed by atoms with van der Waals surface area (Å²) in [6, 6.07) is 5.23. The van der Waals surface area contributed by atoms with E-state index in [0.29, 0.717) is 26.3 Å². The van der Waals surface area contributed by atoms with Crippen LogP contribution >= 0.6 is 34.7 Å². The highest BCUT2D eigenvalue weighted by molar-refractivity contribution is 7.98. The van der Waals surface area contributed by atoms with Crippen LogP contribution in [0.25, 0.3) is 0 Å². The summed E-state index contributed by atoms with van der Waals surface area (Å²) in [5, 5.41) is 3.34. The quantitative estimate of drug-likeness (QED) is 0.665. The molecule has 0 aliphatic heterocycles. The number of benzene rings is 1. The molecule has 22 heavy (non-hydrogen) atoms. The van der Waals surface area contributed by atoms with Gasteiger partial charge in [-0.05, 0) is 31.4 Å². The van der Waals surface area contributed by atoms with Gasteiger partial charge in [0.05, 0.1) is 23.4 Å². The second kappa shape index (κ2) is 7.13. The van der Waals surface area contributed by atoms with Gasteiger partial charge in [0.2, 0.25) is 0 Å². The zero-order chi connectivity index (χ0) is 16.3. The fraction of sp³-hybridized carbons (Fsp3) is 0.214. The number of halogens is 1. The van der Waals surface area contributed by atoms with Gasteiger partial charge >= 0.3 is 5.97 Å². The molecule has 0 atom stereocenters. The van der Waals surface area contributed by atoms with Crippen molar-refractivity contribution in [2.75, 3.05) is 18.7 Å². The number of aromatic nitrogens is 1. The first-order valence-electron chi connectivity index (χ1n) is 6.17. The molecule has 2 rings (SSSR count). The number of amides is 1. The maximum absolute atomic E-state index is 12.3. The molecule has 0 spiro atoms. The topological polar surface area (TPSA) is 68.3 Å². The molecule has 0 unspecified atom stereocenters. The van der Waals surface area contributed by atoms with E-state index in [4.69, 9.17) is 11.6 Å². The van der Waals surface area contributed by atoms with E-state index in [1.165, 1.54) is 18.9 Å². The first kappa shape index (κ1) is 16.8. The number of anilines is 1. The Morgan fingerprint density at radius 1 is 1.41 bits per heavy atom. The maximum Gasteiger partial charge on any atom is 0.350 e. The van der Waals surface area contributed by atoms with E-state index >= 15 is 0 Å². The molecular formula is C14H13ClN2O3S2. The van der Waals surface area contributed by atoms with Gasteiger partial charge in [0, 0.05) is 4.90 Å². The van der Waals surface area contributed by atoms with Crippen molar-refractivity contribution in [1.82, 2.24) is 4.98 Å². The van der Waals surface area contributed by atoms with Crippen LogP contribution in [0.4, 0.5) is 5.13 Å². The summed E-state index contributed by atoms with van der Waals surface area (Å²) in [4.78, 5) is 29.3. The number of carbonyl (C=O) groups is 2. The Balaban J connectivity index is 2.24. The van der Waals surface area contributed by atoms with Crippen molar-refractivity contribution in [2.24, 2.45) is 0 Å². The molecule has 5 nitrogen and oxygen atoms in total. The van der Waals surface area contributed by atoms with Crippen LogP contribution < -0.4 is 5.32 Å². The maximum atomic E-state index is 12.3. The van der Waals surface area contributed by atoms with Gasteiger partial charge in [0.1, 0.15) is 4.88 Å². The first-order chi connectivity index (χ1) is 10.5. The number of carbonyl (C=O) groups excluding carboxylic acids is 2. The number of ether oxygens (including phenoxy) is 1. The van der Waals surface area contributed by atoms with E-state index in [9.17, 15) is 9.59 Å². The Bertz CT molecular complexity index is 731. The molecule has 2 aromatic rings. The lowest BCUT2D eigenvalue weighted by molar-refractivity contribution is 0.0605. The van der Waals surface area contributed by atoms with Crippen LogP contribution in [0.2, 0.25) is 5.02 Å². The van der Waals surface area contributed by atoms with Gasteiger partial charge in [-0.2, -0.15) is 0 Å². The van der Waals surface area contributed by atoms with E-state index in [-0.39, 0.29) is 5.91 Å². The lowest BCUT2D eigenvalue weighted by Crippen LogP contribution is -2.12. The average molecular weight is 357 g/mol. The highest BCUT2D eigenvalue weighted by Crippen LogP contribution is 2.26. The highest BCUT2D eigenvalue weighted by Gasteiger charge is 2.18. The van der Waals surface area contributed by atoms with E-state index in [0.717, 1.165) is 16.2 Å². The van der Waals surface area contributed by atoms with E-state index in [1.807, 2.05) is 12.3 Å². The van der Waals surface area contributed by atoms with Crippen molar-refractivity contribution in [1.29, 1.82) is 0 Å². The van der Waals surface area contributed by atoms with Crippen LogP contribution in [0.5, 0.6) is 0 Å². The van der Waals surface area contributed by atoms with E-state index in [2.05, 4.69) is 15.0 Å². The Hall–Kier alpha value is -1.57.